The molecule has 0 bridgehead atoms. The van der Waals surface area contributed by atoms with E-state index in [9.17, 15) is 4.79 Å². The number of carbonyl (C=O) groups excluding carboxylic acids is 1. The van der Waals surface area contributed by atoms with Gasteiger partial charge in [-0.15, -0.1) is 11.3 Å². The smallest absolute Gasteiger partial charge is 0.319 e. The Labute approximate surface area is 169 Å². The first-order valence-corrected chi connectivity index (χ1v) is 10.5. The number of anilines is 1. The number of amides is 2. The number of aromatic nitrogens is 1. The molecule has 1 aliphatic rings. The van der Waals surface area contributed by atoms with Gasteiger partial charge in [-0.1, -0.05) is 6.07 Å². The zero-order valence-corrected chi connectivity index (χ0v) is 17.0. The van der Waals surface area contributed by atoms with Crippen molar-refractivity contribution in [2.45, 2.75) is 38.6 Å². The lowest BCUT2D eigenvalue weighted by atomic mass is 9.93. The summed E-state index contributed by atoms with van der Waals surface area (Å²) in [6, 6.07) is 11.2. The van der Waals surface area contributed by atoms with E-state index in [1.807, 2.05) is 47.7 Å². The molecule has 146 valence electrons. The number of hydrogen-bond donors (Lipinski definition) is 2. The van der Waals surface area contributed by atoms with Gasteiger partial charge in [-0.25, -0.2) is 4.79 Å². The van der Waals surface area contributed by atoms with Gasteiger partial charge in [0.1, 0.15) is 10.8 Å². The first-order chi connectivity index (χ1) is 13.7. The molecule has 1 unspecified atom stereocenters. The van der Waals surface area contributed by atoms with Crippen molar-refractivity contribution in [3.05, 3.63) is 64.8 Å². The number of thiophene rings is 1. The van der Waals surface area contributed by atoms with Crippen LogP contribution >= 0.6 is 11.3 Å². The van der Waals surface area contributed by atoms with E-state index in [1.165, 1.54) is 33.8 Å². The van der Waals surface area contributed by atoms with Gasteiger partial charge in [0, 0.05) is 34.6 Å². The van der Waals surface area contributed by atoms with Crippen LogP contribution in [-0.4, -0.2) is 17.7 Å². The molecule has 0 saturated carbocycles. The third kappa shape index (κ3) is 3.78. The van der Waals surface area contributed by atoms with Gasteiger partial charge in [0.2, 0.25) is 0 Å². The van der Waals surface area contributed by atoms with Crippen molar-refractivity contribution in [3.63, 3.8) is 0 Å². The fourth-order valence-corrected chi connectivity index (χ4v) is 5.27. The Morgan fingerprint density at radius 2 is 1.96 bits per heavy atom. The van der Waals surface area contributed by atoms with E-state index in [4.69, 9.17) is 4.74 Å². The monoisotopic (exact) mass is 395 g/mol. The maximum atomic E-state index is 12.6. The molecule has 2 aromatic heterocycles. The van der Waals surface area contributed by atoms with Gasteiger partial charge in [0.05, 0.1) is 13.2 Å². The fourth-order valence-electron chi connectivity index (χ4n) is 3.82. The number of benzene rings is 1. The second-order valence-corrected chi connectivity index (χ2v) is 8.16. The zero-order chi connectivity index (χ0) is 19.5. The number of nitrogens with one attached hydrogen (secondary N) is 2. The quantitative estimate of drug-likeness (QED) is 0.615. The Hall–Kier alpha value is -2.73. The molecular formula is C22H25N3O2S. The number of aryl methyl sites for hydroxylation is 1. The number of ether oxygens (including phenoxy) is 1. The Kier molecular flexibility index (Phi) is 5.39. The van der Waals surface area contributed by atoms with E-state index in [1.54, 1.807) is 7.11 Å². The van der Waals surface area contributed by atoms with Gasteiger partial charge >= 0.3 is 6.03 Å². The highest BCUT2D eigenvalue weighted by Gasteiger charge is 2.25. The molecule has 4 rings (SSSR count). The first kappa shape index (κ1) is 18.6. The molecule has 0 spiro atoms. The summed E-state index contributed by atoms with van der Waals surface area (Å²) in [5, 5.41) is 7.25. The predicted octanol–water partition coefficient (Wildman–Crippen LogP) is 5.31. The van der Waals surface area contributed by atoms with E-state index in [-0.39, 0.29) is 12.1 Å². The molecule has 2 heterocycles. The third-order valence-electron chi connectivity index (χ3n) is 5.14. The molecule has 0 radical (unpaired) electrons. The predicted molar refractivity (Wildman–Crippen MR) is 114 cm³/mol. The Bertz CT molecular complexity index is 962. The van der Waals surface area contributed by atoms with Gasteiger partial charge in [0.15, 0.2) is 0 Å². The molecule has 6 heteroatoms. The number of rotatable bonds is 5. The van der Waals surface area contributed by atoms with Crippen LogP contribution in [0.5, 0.6) is 5.75 Å². The number of carbonyl (C=O) groups is 1. The molecule has 28 heavy (non-hydrogen) atoms. The fraction of sp³-hybridized carbons (Fsp3) is 0.318. The van der Waals surface area contributed by atoms with Crippen molar-refractivity contribution < 1.29 is 9.53 Å². The van der Waals surface area contributed by atoms with Crippen molar-refractivity contribution in [1.29, 1.82) is 0 Å². The molecule has 0 fully saturated rings. The molecule has 3 aromatic rings. The van der Waals surface area contributed by atoms with Crippen LogP contribution in [0.1, 0.15) is 41.8 Å². The summed E-state index contributed by atoms with van der Waals surface area (Å²) in [6.45, 7) is 2.06. The molecule has 0 aliphatic heterocycles. The third-order valence-corrected chi connectivity index (χ3v) is 6.46. The molecule has 1 atom stereocenters. The van der Waals surface area contributed by atoms with Crippen molar-refractivity contribution in [2.75, 3.05) is 12.4 Å². The van der Waals surface area contributed by atoms with E-state index < -0.39 is 0 Å². The SMILES string of the molecule is COc1cccc(NC(=O)NC(C)c2c(-n3cccc3)sc3c2CCCC3)c1. The second kappa shape index (κ2) is 8.10. The summed E-state index contributed by atoms with van der Waals surface area (Å²) >= 11 is 1.86. The van der Waals surface area contributed by atoms with Crippen molar-refractivity contribution in [1.82, 2.24) is 9.88 Å². The van der Waals surface area contributed by atoms with Crippen LogP contribution in [0.2, 0.25) is 0 Å². The van der Waals surface area contributed by atoms with E-state index in [0.717, 1.165) is 12.8 Å². The standard InChI is InChI=1S/C22H25N3O2S/c1-15(23-22(26)24-16-8-7-9-17(14-16)27-2)20-18-10-3-4-11-19(18)28-21(20)25-12-5-6-13-25/h5-9,12-15H,3-4,10-11H2,1-2H3,(H2,23,24,26). The van der Waals surface area contributed by atoms with Crippen LogP contribution in [0, 0.1) is 0 Å². The van der Waals surface area contributed by atoms with Crippen LogP contribution in [0.25, 0.3) is 5.00 Å². The summed E-state index contributed by atoms with van der Waals surface area (Å²) in [5.74, 6) is 0.715. The number of nitrogens with zero attached hydrogens (tertiary/aromatic N) is 1. The highest BCUT2D eigenvalue weighted by Crippen LogP contribution is 2.40. The van der Waals surface area contributed by atoms with Crippen LogP contribution in [0.3, 0.4) is 0 Å². The second-order valence-electron chi connectivity index (χ2n) is 7.07. The normalized spacial score (nSPS) is 14.2. The largest absolute Gasteiger partial charge is 0.497 e. The summed E-state index contributed by atoms with van der Waals surface area (Å²) in [5.41, 5.74) is 3.38. The zero-order valence-electron chi connectivity index (χ0n) is 16.2. The van der Waals surface area contributed by atoms with Crippen LogP contribution in [-0.2, 0) is 12.8 Å². The van der Waals surface area contributed by atoms with Crippen molar-refractivity contribution in [2.24, 2.45) is 0 Å². The number of urea groups is 1. The van der Waals surface area contributed by atoms with Crippen LogP contribution in [0.15, 0.2) is 48.8 Å². The lowest BCUT2D eigenvalue weighted by Gasteiger charge is -2.20. The van der Waals surface area contributed by atoms with Crippen molar-refractivity contribution in [3.8, 4) is 10.8 Å². The van der Waals surface area contributed by atoms with Crippen LogP contribution in [0.4, 0.5) is 10.5 Å². The topological polar surface area (TPSA) is 55.3 Å². The molecule has 2 N–H and O–H groups in total. The van der Waals surface area contributed by atoms with Gasteiger partial charge in [-0.05, 0) is 62.4 Å². The molecule has 5 nitrogen and oxygen atoms in total. The summed E-state index contributed by atoms with van der Waals surface area (Å²) in [7, 11) is 1.61. The minimum atomic E-state index is -0.213. The van der Waals surface area contributed by atoms with Gasteiger partial charge in [-0.3, -0.25) is 0 Å². The summed E-state index contributed by atoms with van der Waals surface area (Å²) < 4.78 is 7.39. The average molecular weight is 396 g/mol. The number of fused-ring (bicyclic) bond motifs is 1. The Balaban J connectivity index is 1.56. The lowest BCUT2D eigenvalue weighted by molar-refractivity contribution is 0.249. The minimum absolute atomic E-state index is 0.0823. The molecule has 1 aromatic carbocycles. The van der Waals surface area contributed by atoms with Crippen LogP contribution < -0.4 is 15.4 Å². The lowest BCUT2D eigenvalue weighted by Crippen LogP contribution is -2.32. The summed E-state index contributed by atoms with van der Waals surface area (Å²) in [6.07, 6.45) is 8.83. The molecule has 0 saturated heterocycles. The van der Waals surface area contributed by atoms with Gasteiger partial charge < -0.3 is 19.9 Å². The Morgan fingerprint density at radius 1 is 1.18 bits per heavy atom. The minimum Gasteiger partial charge on any atom is -0.497 e. The van der Waals surface area contributed by atoms with E-state index >= 15 is 0 Å². The molecule has 2 amide bonds. The highest BCUT2D eigenvalue weighted by atomic mass is 32.1. The average Bonchev–Trinajstić information content (AvgIpc) is 3.35. The first-order valence-electron chi connectivity index (χ1n) is 9.65. The maximum absolute atomic E-state index is 12.6. The summed E-state index contributed by atoms with van der Waals surface area (Å²) in [4.78, 5) is 14.1. The Morgan fingerprint density at radius 3 is 2.75 bits per heavy atom. The van der Waals surface area contributed by atoms with E-state index in [0.29, 0.717) is 11.4 Å². The van der Waals surface area contributed by atoms with Gasteiger partial charge in [0.25, 0.3) is 0 Å². The number of hydrogen-bond acceptors (Lipinski definition) is 3. The van der Waals surface area contributed by atoms with E-state index in [2.05, 4.69) is 34.5 Å². The van der Waals surface area contributed by atoms with Crippen molar-refractivity contribution >= 4 is 23.1 Å². The molecule has 1 aliphatic carbocycles. The highest BCUT2D eigenvalue weighted by molar-refractivity contribution is 7.15. The van der Waals surface area contributed by atoms with Gasteiger partial charge in [-0.2, -0.15) is 0 Å². The maximum Gasteiger partial charge on any atom is 0.319 e. The number of methoxy groups -OCH3 is 1. The molecular weight excluding hydrogens is 370 g/mol.